The van der Waals surface area contributed by atoms with Crippen LogP contribution in [0, 0.1) is 5.82 Å². The summed E-state index contributed by atoms with van der Waals surface area (Å²) in [6, 6.07) is 20.6. The van der Waals surface area contributed by atoms with Crippen LogP contribution >= 0.6 is 0 Å². The number of hydrogen-bond acceptors (Lipinski definition) is 3. The molecule has 0 unspecified atom stereocenters. The van der Waals surface area contributed by atoms with Crippen molar-refractivity contribution in [2.75, 3.05) is 16.0 Å². The van der Waals surface area contributed by atoms with E-state index in [1.54, 1.807) is 24.3 Å². The standard InChI is InChI=1S/C22H20FN3O2/c1-15(27)24-20-6-3-7-21(14-20)25-18-8-10-19(11-9-18)26-22(28)13-16-4-2-5-17(23)12-16/h2-12,14,25H,13H2,1H3,(H,24,27)(H,26,28). The van der Waals surface area contributed by atoms with E-state index in [1.165, 1.54) is 19.1 Å². The van der Waals surface area contributed by atoms with Crippen molar-refractivity contribution in [2.45, 2.75) is 13.3 Å². The molecule has 3 N–H and O–H groups in total. The highest BCUT2D eigenvalue weighted by Gasteiger charge is 2.05. The van der Waals surface area contributed by atoms with Crippen molar-refractivity contribution < 1.29 is 14.0 Å². The normalized spacial score (nSPS) is 10.2. The van der Waals surface area contributed by atoms with Crippen LogP contribution in [0.5, 0.6) is 0 Å². The summed E-state index contributed by atoms with van der Waals surface area (Å²) >= 11 is 0. The smallest absolute Gasteiger partial charge is 0.228 e. The summed E-state index contributed by atoms with van der Waals surface area (Å²) in [6.45, 7) is 1.46. The van der Waals surface area contributed by atoms with Crippen LogP contribution in [0.15, 0.2) is 72.8 Å². The number of carbonyl (C=O) groups is 2. The van der Waals surface area contributed by atoms with Gasteiger partial charge in [-0.25, -0.2) is 4.39 Å². The molecule has 0 aliphatic heterocycles. The molecule has 0 aromatic heterocycles. The van der Waals surface area contributed by atoms with Crippen molar-refractivity contribution in [3.63, 3.8) is 0 Å². The lowest BCUT2D eigenvalue weighted by molar-refractivity contribution is -0.116. The Morgan fingerprint density at radius 1 is 0.786 bits per heavy atom. The second-order valence-electron chi connectivity index (χ2n) is 6.32. The van der Waals surface area contributed by atoms with E-state index in [1.807, 2.05) is 36.4 Å². The first-order valence-corrected chi connectivity index (χ1v) is 8.77. The van der Waals surface area contributed by atoms with Gasteiger partial charge in [-0.1, -0.05) is 18.2 Å². The SMILES string of the molecule is CC(=O)Nc1cccc(Nc2ccc(NC(=O)Cc3cccc(F)c3)cc2)c1. The molecule has 5 nitrogen and oxygen atoms in total. The number of benzene rings is 3. The third-order valence-electron chi connectivity index (χ3n) is 3.89. The molecule has 0 aliphatic rings. The maximum Gasteiger partial charge on any atom is 0.228 e. The highest BCUT2D eigenvalue weighted by molar-refractivity contribution is 5.92. The van der Waals surface area contributed by atoms with Crippen LogP contribution in [0.4, 0.5) is 27.1 Å². The van der Waals surface area contributed by atoms with Crippen molar-refractivity contribution in [3.05, 3.63) is 84.2 Å². The van der Waals surface area contributed by atoms with E-state index in [9.17, 15) is 14.0 Å². The molecule has 28 heavy (non-hydrogen) atoms. The summed E-state index contributed by atoms with van der Waals surface area (Å²) in [5.74, 6) is -0.701. The quantitative estimate of drug-likeness (QED) is 0.583. The van der Waals surface area contributed by atoms with Crippen LogP contribution in [0.3, 0.4) is 0 Å². The lowest BCUT2D eigenvalue weighted by Gasteiger charge is -2.10. The fourth-order valence-corrected chi connectivity index (χ4v) is 2.72. The molecule has 2 amide bonds. The molecule has 0 radical (unpaired) electrons. The van der Waals surface area contributed by atoms with Gasteiger partial charge in [-0.3, -0.25) is 9.59 Å². The molecule has 0 heterocycles. The minimum atomic E-state index is -0.358. The molecule has 0 fully saturated rings. The molecule has 6 heteroatoms. The second-order valence-corrected chi connectivity index (χ2v) is 6.32. The Balaban J connectivity index is 1.59. The maximum atomic E-state index is 13.2. The topological polar surface area (TPSA) is 70.2 Å². The van der Waals surface area contributed by atoms with Crippen molar-refractivity contribution in [1.29, 1.82) is 0 Å². The highest BCUT2D eigenvalue weighted by Crippen LogP contribution is 2.21. The number of hydrogen-bond donors (Lipinski definition) is 3. The molecule has 0 saturated heterocycles. The number of halogens is 1. The Hall–Kier alpha value is -3.67. The predicted octanol–water partition coefficient (Wildman–Crippen LogP) is 4.71. The first-order valence-electron chi connectivity index (χ1n) is 8.77. The molecule has 142 valence electrons. The number of rotatable bonds is 6. The van der Waals surface area contributed by atoms with Crippen LogP contribution < -0.4 is 16.0 Å². The fraction of sp³-hybridized carbons (Fsp3) is 0.0909. The molecule has 0 atom stereocenters. The highest BCUT2D eigenvalue weighted by atomic mass is 19.1. The van der Waals surface area contributed by atoms with E-state index in [4.69, 9.17) is 0 Å². The third-order valence-corrected chi connectivity index (χ3v) is 3.89. The largest absolute Gasteiger partial charge is 0.355 e. The van der Waals surface area contributed by atoms with Crippen LogP contribution in [0.2, 0.25) is 0 Å². The van der Waals surface area contributed by atoms with E-state index in [2.05, 4.69) is 16.0 Å². The zero-order valence-corrected chi connectivity index (χ0v) is 15.3. The van der Waals surface area contributed by atoms with E-state index in [0.29, 0.717) is 16.9 Å². The van der Waals surface area contributed by atoms with Crippen LogP contribution in [0.1, 0.15) is 12.5 Å². The zero-order valence-electron chi connectivity index (χ0n) is 15.3. The summed E-state index contributed by atoms with van der Waals surface area (Å²) in [7, 11) is 0. The fourth-order valence-electron chi connectivity index (χ4n) is 2.72. The number of amides is 2. The van der Waals surface area contributed by atoms with Gasteiger partial charge >= 0.3 is 0 Å². The summed E-state index contributed by atoms with van der Waals surface area (Å²) in [5, 5.41) is 8.77. The monoisotopic (exact) mass is 377 g/mol. The Kier molecular flexibility index (Phi) is 6.01. The van der Waals surface area contributed by atoms with Gasteiger partial charge in [0.2, 0.25) is 11.8 Å². The first kappa shape index (κ1) is 19.1. The molecule has 0 saturated carbocycles. The van der Waals surface area contributed by atoms with Crippen molar-refractivity contribution in [3.8, 4) is 0 Å². The van der Waals surface area contributed by atoms with Gasteiger partial charge in [0.1, 0.15) is 5.82 Å². The van der Waals surface area contributed by atoms with E-state index in [-0.39, 0.29) is 24.1 Å². The Bertz CT molecular complexity index is 987. The number of carbonyl (C=O) groups excluding carboxylic acids is 2. The van der Waals surface area contributed by atoms with E-state index >= 15 is 0 Å². The molecule has 0 bridgehead atoms. The van der Waals surface area contributed by atoms with Gasteiger partial charge in [0.05, 0.1) is 6.42 Å². The molecule has 3 rings (SSSR count). The first-order chi connectivity index (χ1) is 13.5. The Labute approximate surface area is 162 Å². The second kappa shape index (κ2) is 8.81. The minimum Gasteiger partial charge on any atom is -0.355 e. The van der Waals surface area contributed by atoms with Gasteiger partial charge in [-0.2, -0.15) is 0 Å². The third kappa shape index (κ3) is 5.67. The van der Waals surface area contributed by atoms with Crippen LogP contribution in [0.25, 0.3) is 0 Å². The number of anilines is 4. The van der Waals surface area contributed by atoms with Gasteiger partial charge in [0, 0.05) is 29.7 Å². The molecular formula is C22H20FN3O2. The average Bonchev–Trinajstić information content (AvgIpc) is 2.63. The number of nitrogens with one attached hydrogen (secondary N) is 3. The predicted molar refractivity (Wildman–Crippen MR) is 109 cm³/mol. The summed E-state index contributed by atoms with van der Waals surface area (Å²) < 4.78 is 13.2. The van der Waals surface area contributed by atoms with Crippen LogP contribution in [-0.2, 0) is 16.0 Å². The maximum absolute atomic E-state index is 13.2. The Morgan fingerprint density at radius 3 is 2.18 bits per heavy atom. The van der Waals surface area contributed by atoms with Crippen molar-refractivity contribution in [2.24, 2.45) is 0 Å². The van der Waals surface area contributed by atoms with Gasteiger partial charge in [0.25, 0.3) is 0 Å². The van der Waals surface area contributed by atoms with Crippen molar-refractivity contribution >= 4 is 34.6 Å². The summed E-state index contributed by atoms with van der Waals surface area (Å²) in [6.07, 6.45) is 0.105. The lowest BCUT2D eigenvalue weighted by Crippen LogP contribution is -2.14. The van der Waals surface area contributed by atoms with Gasteiger partial charge < -0.3 is 16.0 Å². The van der Waals surface area contributed by atoms with Crippen LogP contribution in [-0.4, -0.2) is 11.8 Å². The van der Waals surface area contributed by atoms with Crippen molar-refractivity contribution in [1.82, 2.24) is 0 Å². The minimum absolute atomic E-state index is 0.105. The average molecular weight is 377 g/mol. The van der Waals surface area contributed by atoms with E-state index < -0.39 is 0 Å². The molecule has 3 aromatic carbocycles. The summed E-state index contributed by atoms with van der Waals surface area (Å²) in [5.41, 5.74) is 3.64. The Morgan fingerprint density at radius 2 is 1.46 bits per heavy atom. The molecular weight excluding hydrogens is 357 g/mol. The van der Waals surface area contributed by atoms with Gasteiger partial charge in [0.15, 0.2) is 0 Å². The molecule has 3 aromatic rings. The van der Waals surface area contributed by atoms with E-state index in [0.717, 1.165) is 11.4 Å². The van der Waals surface area contributed by atoms with Gasteiger partial charge in [-0.15, -0.1) is 0 Å². The van der Waals surface area contributed by atoms with Gasteiger partial charge in [-0.05, 0) is 60.2 Å². The summed E-state index contributed by atoms with van der Waals surface area (Å²) in [4.78, 5) is 23.3. The molecule has 0 spiro atoms. The molecule has 0 aliphatic carbocycles. The lowest BCUT2D eigenvalue weighted by atomic mass is 10.1. The zero-order chi connectivity index (χ0) is 19.9.